The van der Waals surface area contributed by atoms with Crippen molar-refractivity contribution < 1.29 is 19.1 Å². The van der Waals surface area contributed by atoms with Crippen molar-refractivity contribution in [3.8, 4) is 0 Å². The topological polar surface area (TPSA) is 83.4 Å². The molecular formula is C22H27ClFN3O3. The van der Waals surface area contributed by atoms with Crippen molar-refractivity contribution in [2.75, 3.05) is 11.9 Å². The van der Waals surface area contributed by atoms with Crippen molar-refractivity contribution in [2.45, 2.75) is 51.7 Å². The number of carbonyl (C=O) groups is 2. The molecule has 0 unspecified atom stereocenters. The van der Waals surface area contributed by atoms with E-state index in [1.807, 2.05) is 0 Å². The third-order valence-corrected chi connectivity index (χ3v) is 6.14. The Morgan fingerprint density at radius 2 is 1.90 bits per heavy atom. The molecule has 1 aromatic heterocycles. The van der Waals surface area contributed by atoms with Gasteiger partial charge in [-0.05, 0) is 63.3 Å². The second-order valence-corrected chi connectivity index (χ2v) is 8.29. The van der Waals surface area contributed by atoms with E-state index in [0.29, 0.717) is 28.2 Å². The van der Waals surface area contributed by atoms with Gasteiger partial charge in [-0.25, -0.2) is 4.39 Å². The van der Waals surface area contributed by atoms with Gasteiger partial charge in [-0.15, -0.1) is 0 Å². The standard InChI is InChI=1S/C22H27ClFN3O3/c1-12-20(22(30)26-15-6-9-18(24)17(23)10-15)13(2)27(3)21(12)19(29)11-25-14-4-7-16(28)8-5-14/h6,9-10,14,16,25,28H,4-5,7-8,11H2,1-3H3,(H,26,30)/t14-,16+. The maximum Gasteiger partial charge on any atom is 0.257 e. The number of Topliss-reactive ketones (excluding diaryl/α,β-unsaturated/α-hetero) is 1. The van der Waals surface area contributed by atoms with Gasteiger partial charge in [0.15, 0.2) is 5.78 Å². The molecule has 0 saturated heterocycles. The number of amides is 1. The van der Waals surface area contributed by atoms with Crippen LogP contribution in [0, 0.1) is 19.7 Å². The van der Waals surface area contributed by atoms with Gasteiger partial charge in [-0.1, -0.05) is 11.6 Å². The van der Waals surface area contributed by atoms with Gasteiger partial charge in [0.2, 0.25) is 0 Å². The molecule has 1 aromatic carbocycles. The smallest absolute Gasteiger partial charge is 0.257 e. The second kappa shape index (κ2) is 9.29. The summed E-state index contributed by atoms with van der Waals surface area (Å²) in [6.45, 7) is 3.71. The minimum atomic E-state index is -0.561. The van der Waals surface area contributed by atoms with E-state index in [2.05, 4.69) is 10.6 Å². The molecule has 1 aliphatic rings. The lowest BCUT2D eigenvalue weighted by Crippen LogP contribution is -2.38. The Labute approximate surface area is 180 Å². The fourth-order valence-corrected chi connectivity index (χ4v) is 4.26. The first-order valence-electron chi connectivity index (χ1n) is 10.1. The van der Waals surface area contributed by atoms with Gasteiger partial charge >= 0.3 is 0 Å². The van der Waals surface area contributed by atoms with Crippen LogP contribution in [0.2, 0.25) is 5.02 Å². The first kappa shape index (κ1) is 22.5. The molecule has 0 aliphatic heterocycles. The van der Waals surface area contributed by atoms with Gasteiger partial charge in [-0.2, -0.15) is 0 Å². The molecule has 3 N–H and O–H groups in total. The van der Waals surface area contributed by atoms with Crippen LogP contribution >= 0.6 is 11.6 Å². The molecule has 0 radical (unpaired) electrons. The number of hydrogen-bond donors (Lipinski definition) is 3. The quantitative estimate of drug-likeness (QED) is 0.603. The summed E-state index contributed by atoms with van der Waals surface area (Å²) in [6, 6.07) is 4.18. The van der Waals surface area contributed by atoms with E-state index in [9.17, 15) is 19.1 Å². The van der Waals surface area contributed by atoms with E-state index in [1.165, 1.54) is 18.2 Å². The Bertz CT molecular complexity index is 965. The van der Waals surface area contributed by atoms with Crippen molar-refractivity contribution >= 4 is 29.0 Å². The summed E-state index contributed by atoms with van der Waals surface area (Å²) >= 11 is 5.79. The summed E-state index contributed by atoms with van der Waals surface area (Å²) < 4.78 is 15.1. The maximum atomic E-state index is 13.4. The highest BCUT2D eigenvalue weighted by Crippen LogP contribution is 2.25. The molecule has 1 heterocycles. The van der Waals surface area contributed by atoms with E-state index in [4.69, 9.17) is 11.6 Å². The second-order valence-electron chi connectivity index (χ2n) is 7.89. The Kier molecular flexibility index (Phi) is 6.95. The highest BCUT2D eigenvalue weighted by atomic mass is 35.5. The number of carbonyl (C=O) groups excluding carboxylic acids is 2. The van der Waals surface area contributed by atoms with Crippen molar-refractivity contribution in [3.63, 3.8) is 0 Å². The van der Waals surface area contributed by atoms with Gasteiger partial charge in [0.25, 0.3) is 5.91 Å². The number of anilines is 1. The van der Waals surface area contributed by atoms with Gasteiger partial charge in [-0.3, -0.25) is 9.59 Å². The van der Waals surface area contributed by atoms with Crippen LogP contribution in [0.3, 0.4) is 0 Å². The molecule has 1 aliphatic carbocycles. The van der Waals surface area contributed by atoms with E-state index in [1.54, 1.807) is 25.5 Å². The van der Waals surface area contributed by atoms with Gasteiger partial charge in [0, 0.05) is 24.5 Å². The van der Waals surface area contributed by atoms with Crippen molar-refractivity contribution in [1.29, 1.82) is 0 Å². The summed E-state index contributed by atoms with van der Waals surface area (Å²) in [5.74, 6) is -1.03. The average Bonchev–Trinajstić information content (AvgIpc) is 2.92. The van der Waals surface area contributed by atoms with E-state index >= 15 is 0 Å². The van der Waals surface area contributed by atoms with Crippen LogP contribution in [-0.4, -0.2) is 40.1 Å². The van der Waals surface area contributed by atoms with E-state index in [0.717, 1.165) is 25.7 Å². The van der Waals surface area contributed by atoms with Gasteiger partial charge < -0.3 is 20.3 Å². The number of rotatable bonds is 6. The lowest BCUT2D eigenvalue weighted by molar-refractivity contribution is 0.0956. The van der Waals surface area contributed by atoms with Crippen LogP contribution in [0.1, 0.15) is 57.8 Å². The molecule has 0 spiro atoms. The summed E-state index contributed by atoms with van der Waals surface area (Å²) in [7, 11) is 1.76. The molecule has 1 saturated carbocycles. The number of hydrogen-bond acceptors (Lipinski definition) is 4. The van der Waals surface area contributed by atoms with Crippen LogP contribution in [0.4, 0.5) is 10.1 Å². The van der Waals surface area contributed by atoms with Gasteiger partial charge in [0.05, 0.1) is 28.9 Å². The predicted octanol–water partition coefficient (Wildman–Crippen LogP) is 3.76. The summed E-state index contributed by atoms with van der Waals surface area (Å²) in [5.41, 5.74) is 2.55. The number of aromatic nitrogens is 1. The number of halogens is 2. The highest BCUT2D eigenvalue weighted by molar-refractivity contribution is 6.31. The molecule has 2 aromatic rings. The zero-order chi connectivity index (χ0) is 22.0. The van der Waals surface area contributed by atoms with Gasteiger partial charge in [0.1, 0.15) is 5.82 Å². The molecule has 0 atom stereocenters. The third kappa shape index (κ3) is 4.74. The number of aliphatic hydroxyl groups is 1. The lowest BCUT2D eigenvalue weighted by atomic mass is 9.93. The predicted molar refractivity (Wildman–Crippen MR) is 115 cm³/mol. The molecule has 0 bridgehead atoms. The number of aliphatic hydroxyl groups excluding tert-OH is 1. The summed E-state index contributed by atoms with van der Waals surface area (Å²) in [5, 5.41) is 15.5. The molecule has 1 amide bonds. The zero-order valence-electron chi connectivity index (χ0n) is 17.4. The first-order valence-corrected chi connectivity index (χ1v) is 10.4. The Morgan fingerprint density at radius 1 is 1.23 bits per heavy atom. The van der Waals surface area contributed by atoms with Crippen molar-refractivity contribution in [3.05, 3.63) is 51.6 Å². The Hall–Kier alpha value is -2.22. The van der Waals surface area contributed by atoms with Crippen LogP contribution in [-0.2, 0) is 7.05 Å². The summed E-state index contributed by atoms with van der Waals surface area (Å²) in [6.07, 6.45) is 2.92. The minimum absolute atomic E-state index is 0.0773. The first-order chi connectivity index (χ1) is 14.2. The largest absolute Gasteiger partial charge is 0.393 e. The molecule has 1 fully saturated rings. The number of nitrogens with zero attached hydrogens (tertiary/aromatic N) is 1. The van der Waals surface area contributed by atoms with Crippen molar-refractivity contribution in [2.24, 2.45) is 7.05 Å². The van der Waals surface area contributed by atoms with Crippen LogP contribution in [0.5, 0.6) is 0 Å². The van der Waals surface area contributed by atoms with Crippen LogP contribution in [0.25, 0.3) is 0 Å². The zero-order valence-corrected chi connectivity index (χ0v) is 18.1. The average molecular weight is 436 g/mol. The Balaban J connectivity index is 1.74. The number of benzene rings is 1. The molecule has 30 heavy (non-hydrogen) atoms. The van der Waals surface area contributed by atoms with Crippen molar-refractivity contribution in [1.82, 2.24) is 9.88 Å². The molecular weight excluding hydrogens is 409 g/mol. The third-order valence-electron chi connectivity index (χ3n) is 5.85. The van der Waals surface area contributed by atoms with E-state index < -0.39 is 5.82 Å². The minimum Gasteiger partial charge on any atom is -0.393 e. The van der Waals surface area contributed by atoms with Crippen LogP contribution in [0.15, 0.2) is 18.2 Å². The number of ketones is 1. The SMILES string of the molecule is Cc1c(C(=O)Nc2ccc(F)c(Cl)c2)c(C)n(C)c1C(=O)CN[C@H]1CC[C@@H](O)CC1. The molecule has 8 heteroatoms. The monoisotopic (exact) mass is 435 g/mol. The number of nitrogens with one attached hydrogen (secondary N) is 2. The molecule has 6 nitrogen and oxygen atoms in total. The lowest BCUT2D eigenvalue weighted by Gasteiger charge is -2.26. The maximum absolute atomic E-state index is 13.4. The fraction of sp³-hybridized carbons (Fsp3) is 0.455. The molecule has 3 rings (SSSR count). The fourth-order valence-electron chi connectivity index (χ4n) is 4.08. The summed E-state index contributed by atoms with van der Waals surface area (Å²) in [4.78, 5) is 25.8. The Morgan fingerprint density at radius 3 is 2.53 bits per heavy atom. The normalized spacial score (nSPS) is 19.0. The molecule has 162 valence electrons. The highest BCUT2D eigenvalue weighted by Gasteiger charge is 2.26. The van der Waals surface area contributed by atoms with Crippen LogP contribution < -0.4 is 10.6 Å². The van der Waals surface area contributed by atoms with E-state index in [-0.39, 0.29) is 35.4 Å².